The number of carbonyl (C=O) groups is 3. The Morgan fingerprint density at radius 2 is 1.75 bits per heavy atom. The van der Waals surface area contributed by atoms with Gasteiger partial charge in [0.05, 0.1) is 5.41 Å². The molecule has 0 bridgehead atoms. The second-order valence-corrected chi connectivity index (χ2v) is 12.6. The number of piperidine rings is 1. The van der Waals surface area contributed by atoms with Gasteiger partial charge in [0.25, 0.3) is 0 Å². The van der Waals surface area contributed by atoms with Crippen molar-refractivity contribution in [3.63, 3.8) is 0 Å². The maximum atomic E-state index is 13.8. The van der Waals surface area contributed by atoms with Crippen molar-refractivity contribution in [1.82, 2.24) is 15.5 Å². The Kier molecular flexibility index (Phi) is 9.95. The van der Waals surface area contributed by atoms with Gasteiger partial charge in [-0.05, 0) is 50.0 Å². The van der Waals surface area contributed by atoms with Crippen LogP contribution in [0.15, 0.2) is 42.5 Å². The highest BCUT2D eigenvalue weighted by Crippen LogP contribution is 2.36. The summed E-state index contributed by atoms with van der Waals surface area (Å²) in [6.07, 6.45) is 16.4. The standard InChI is InChI=1S/C33H47N3O4/c37-30(15-14-25-9-3-1-4-10-25)36-20-16-28-27(24-36)13-7-8-17-33(18-21-40-22-19-33)32(39)35-29(31(38)34-28)23-26-11-5-2-6-12-26/h2,5-8,11-12,25,27-29H,1,3-4,9-10,13-24H2,(H,34,38)(H,35,39)/b8-7+/t27-,28+,29-/m1/s1. The normalized spacial score (nSPS) is 28.9. The van der Waals surface area contributed by atoms with E-state index in [9.17, 15) is 14.4 Å². The van der Waals surface area contributed by atoms with E-state index in [4.69, 9.17) is 4.74 Å². The molecule has 0 aromatic heterocycles. The summed E-state index contributed by atoms with van der Waals surface area (Å²) in [5.74, 6) is 0.947. The molecule has 1 saturated carbocycles. The minimum absolute atomic E-state index is 0.0220. The van der Waals surface area contributed by atoms with Crippen LogP contribution in [0.25, 0.3) is 0 Å². The molecule has 5 rings (SSSR count). The van der Waals surface area contributed by atoms with Crippen LogP contribution in [0.5, 0.6) is 0 Å². The number of ether oxygens (including phenoxy) is 1. The highest BCUT2D eigenvalue weighted by Gasteiger charge is 2.41. The van der Waals surface area contributed by atoms with Crippen LogP contribution in [0, 0.1) is 17.3 Å². The van der Waals surface area contributed by atoms with Gasteiger partial charge in [0, 0.05) is 51.1 Å². The van der Waals surface area contributed by atoms with Crippen LogP contribution in [0.4, 0.5) is 0 Å². The van der Waals surface area contributed by atoms with Crippen molar-refractivity contribution in [2.24, 2.45) is 17.3 Å². The minimum atomic E-state index is -0.645. The highest BCUT2D eigenvalue weighted by molar-refractivity contribution is 5.90. The van der Waals surface area contributed by atoms with Gasteiger partial charge >= 0.3 is 0 Å². The summed E-state index contributed by atoms with van der Waals surface area (Å²) in [6.45, 7) is 2.46. The Bertz CT molecular complexity index is 1030. The lowest BCUT2D eigenvalue weighted by Gasteiger charge is -2.40. The van der Waals surface area contributed by atoms with Crippen molar-refractivity contribution < 1.29 is 19.1 Å². The molecule has 4 aliphatic rings. The Morgan fingerprint density at radius 1 is 0.975 bits per heavy atom. The van der Waals surface area contributed by atoms with Crippen molar-refractivity contribution >= 4 is 17.7 Å². The number of benzene rings is 1. The molecule has 7 heteroatoms. The summed E-state index contributed by atoms with van der Waals surface area (Å²) >= 11 is 0. The quantitative estimate of drug-likeness (QED) is 0.528. The largest absolute Gasteiger partial charge is 0.381 e. The van der Waals surface area contributed by atoms with Crippen LogP contribution in [-0.2, 0) is 25.5 Å². The summed E-state index contributed by atoms with van der Waals surface area (Å²) in [6, 6.07) is 9.23. The fourth-order valence-corrected chi connectivity index (χ4v) is 7.17. The van der Waals surface area contributed by atoms with E-state index < -0.39 is 11.5 Å². The van der Waals surface area contributed by atoms with E-state index in [1.807, 2.05) is 35.2 Å². The van der Waals surface area contributed by atoms with Gasteiger partial charge in [0.15, 0.2) is 0 Å². The summed E-state index contributed by atoms with van der Waals surface area (Å²) in [5, 5.41) is 6.47. The van der Waals surface area contributed by atoms with Crippen LogP contribution >= 0.6 is 0 Å². The third-order valence-electron chi connectivity index (χ3n) is 9.86. The first-order valence-corrected chi connectivity index (χ1v) is 15.7. The molecule has 3 heterocycles. The zero-order chi connectivity index (χ0) is 27.8. The number of hydrogen-bond acceptors (Lipinski definition) is 4. The zero-order valence-electron chi connectivity index (χ0n) is 24.0. The number of hydrogen-bond donors (Lipinski definition) is 2. The number of likely N-dealkylation sites (tertiary alicyclic amines) is 1. The number of nitrogens with zero attached hydrogens (tertiary/aromatic N) is 1. The summed E-state index contributed by atoms with van der Waals surface area (Å²) in [4.78, 5) is 42.7. The van der Waals surface area contributed by atoms with E-state index in [2.05, 4.69) is 22.8 Å². The van der Waals surface area contributed by atoms with Crippen LogP contribution in [-0.4, -0.2) is 61.0 Å². The lowest BCUT2D eigenvalue weighted by Crippen LogP contribution is -2.58. The summed E-state index contributed by atoms with van der Waals surface area (Å²) in [5.41, 5.74) is 0.460. The molecule has 1 spiro atoms. The molecule has 0 unspecified atom stereocenters. The molecular weight excluding hydrogens is 502 g/mol. The third-order valence-corrected chi connectivity index (χ3v) is 9.86. The number of allylic oxidation sites excluding steroid dienone is 2. The molecule has 1 aromatic rings. The topological polar surface area (TPSA) is 87.7 Å². The molecule has 7 nitrogen and oxygen atoms in total. The first kappa shape index (κ1) is 28.8. The summed E-state index contributed by atoms with van der Waals surface area (Å²) < 4.78 is 5.60. The first-order valence-electron chi connectivity index (χ1n) is 15.7. The van der Waals surface area contributed by atoms with Gasteiger partial charge in [0.1, 0.15) is 6.04 Å². The highest BCUT2D eigenvalue weighted by atomic mass is 16.5. The molecule has 1 aromatic carbocycles. The van der Waals surface area contributed by atoms with E-state index in [1.165, 1.54) is 32.1 Å². The molecule has 3 aliphatic heterocycles. The van der Waals surface area contributed by atoms with Crippen molar-refractivity contribution in [3.05, 3.63) is 48.0 Å². The Hall–Kier alpha value is -2.67. The number of carbonyl (C=O) groups excluding carboxylic acids is 3. The smallest absolute Gasteiger partial charge is 0.243 e. The molecule has 3 fully saturated rings. The molecule has 2 saturated heterocycles. The average molecular weight is 550 g/mol. The lowest BCUT2D eigenvalue weighted by molar-refractivity contribution is -0.140. The van der Waals surface area contributed by atoms with Crippen molar-refractivity contribution in [1.29, 1.82) is 0 Å². The fourth-order valence-electron chi connectivity index (χ4n) is 7.17. The molecule has 3 amide bonds. The molecule has 1 aliphatic carbocycles. The Morgan fingerprint density at radius 3 is 2.52 bits per heavy atom. The molecule has 218 valence electrons. The van der Waals surface area contributed by atoms with Crippen LogP contribution in [0.2, 0.25) is 0 Å². The predicted octanol–water partition coefficient (Wildman–Crippen LogP) is 4.55. The van der Waals surface area contributed by atoms with E-state index in [0.29, 0.717) is 64.3 Å². The van der Waals surface area contributed by atoms with E-state index in [1.54, 1.807) is 0 Å². The van der Waals surface area contributed by atoms with E-state index in [0.717, 1.165) is 24.8 Å². The maximum absolute atomic E-state index is 13.8. The van der Waals surface area contributed by atoms with Gasteiger partial charge in [-0.15, -0.1) is 0 Å². The van der Waals surface area contributed by atoms with Gasteiger partial charge < -0.3 is 20.3 Å². The van der Waals surface area contributed by atoms with Crippen molar-refractivity contribution in [2.45, 2.75) is 95.6 Å². The second kappa shape index (κ2) is 13.8. The number of rotatable bonds is 5. The Balaban J connectivity index is 1.30. The van der Waals surface area contributed by atoms with Gasteiger partial charge in [-0.3, -0.25) is 14.4 Å². The van der Waals surface area contributed by atoms with Crippen molar-refractivity contribution in [2.75, 3.05) is 26.3 Å². The predicted molar refractivity (Wildman–Crippen MR) is 155 cm³/mol. The SMILES string of the molecule is O=C1N[C@H]2CCN(C(=O)CCC3CCCCC3)C[C@H]2C/C=C/CC2(CCOCC2)C(=O)N[C@@H]1Cc1ccccc1. The molecule has 3 atom stereocenters. The van der Waals surface area contributed by atoms with Crippen LogP contribution in [0.1, 0.15) is 82.6 Å². The molecule has 2 N–H and O–H groups in total. The van der Waals surface area contributed by atoms with Crippen LogP contribution in [0.3, 0.4) is 0 Å². The van der Waals surface area contributed by atoms with Crippen LogP contribution < -0.4 is 10.6 Å². The fraction of sp³-hybridized carbons (Fsp3) is 0.667. The molecule has 0 radical (unpaired) electrons. The second-order valence-electron chi connectivity index (χ2n) is 12.6. The molecular formula is C33H47N3O4. The van der Waals surface area contributed by atoms with Gasteiger partial charge in [-0.2, -0.15) is 0 Å². The average Bonchev–Trinajstić information content (AvgIpc) is 2.99. The Labute approximate surface area is 239 Å². The monoisotopic (exact) mass is 549 g/mol. The van der Waals surface area contributed by atoms with Gasteiger partial charge in [-0.1, -0.05) is 74.6 Å². The van der Waals surface area contributed by atoms with Gasteiger partial charge in [0.2, 0.25) is 17.7 Å². The zero-order valence-corrected chi connectivity index (χ0v) is 24.0. The summed E-state index contributed by atoms with van der Waals surface area (Å²) in [7, 11) is 0. The molecule has 40 heavy (non-hydrogen) atoms. The van der Waals surface area contributed by atoms with E-state index in [-0.39, 0.29) is 29.7 Å². The number of fused-ring (bicyclic) bond motifs is 1. The number of amides is 3. The third kappa shape index (κ3) is 7.34. The minimum Gasteiger partial charge on any atom is -0.381 e. The van der Waals surface area contributed by atoms with E-state index >= 15 is 0 Å². The first-order chi connectivity index (χ1) is 19.5. The van der Waals surface area contributed by atoms with Crippen molar-refractivity contribution in [3.8, 4) is 0 Å². The maximum Gasteiger partial charge on any atom is 0.243 e. The van der Waals surface area contributed by atoms with Gasteiger partial charge in [-0.25, -0.2) is 0 Å². The number of nitrogens with one attached hydrogen (secondary N) is 2. The lowest BCUT2D eigenvalue weighted by atomic mass is 9.75.